The summed E-state index contributed by atoms with van der Waals surface area (Å²) in [6.07, 6.45) is 3.43. The number of hydrogen-bond acceptors (Lipinski definition) is 4. The van der Waals surface area contributed by atoms with Gasteiger partial charge < -0.3 is 10.6 Å². The van der Waals surface area contributed by atoms with Crippen LogP contribution in [0.25, 0.3) is 0 Å². The van der Waals surface area contributed by atoms with E-state index in [9.17, 15) is 14.9 Å². The molecular formula is C15H21N3O3. The van der Waals surface area contributed by atoms with Crippen LogP contribution >= 0.6 is 0 Å². The van der Waals surface area contributed by atoms with Crippen molar-refractivity contribution in [1.82, 2.24) is 5.32 Å². The number of amides is 1. The summed E-state index contributed by atoms with van der Waals surface area (Å²) in [5, 5.41) is 16.8. The Morgan fingerprint density at radius 1 is 1.43 bits per heavy atom. The second kappa shape index (κ2) is 6.11. The lowest BCUT2D eigenvalue weighted by molar-refractivity contribution is -0.384. The molecule has 0 spiro atoms. The zero-order chi connectivity index (χ0) is 15.5. The van der Waals surface area contributed by atoms with Crippen LogP contribution in [0.4, 0.5) is 11.4 Å². The van der Waals surface area contributed by atoms with E-state index in [4.69, 9.17) is 0 Å². The van der Waals surface area contributed by atoms with Crippen LogP contribution in [0.1, 0.15) is 43.5 Å². The molecule has 1 fully saturated rings. The van der Waals surface area contributed by atoms with Crippen LogP contribution in [-0.2, 0) is 0 Å². The Balaban J connectivity index is 2.16. The number of nitro groups is 1. The predicted molar refractivity (Wildman–Crippen MR) is 81.6 cm³/mol. The van der Waals surface area contributed by atoms with Gasteiger partial charge >= 0.3 is 0 Å². The van der Waals surface area contributed by atoms with Gasteiger partial charge in [0.25, 0.3) is 11.6 Å². The third-order valence-electron chi connectivity index (χ3n) is 4.06. The highest BCUT2D eigenvalue weighted by atomic mass is 16.6. The summed E-state index contributed by atoms with van der Waals surface area (Å²) >= 11 is 0. The lowest BCUT2D eigenvalue weighted by Crippen LogP contribution is -2.40. The topological polar surface area (TPSA) is 84.3 Å². The predicted octanol–water partition coefficient (Wildman–Crippen LogP) is 2.95. The molecule has 1 aromatic carbocycles. The summed E-state index contributed by atoms with van der Waals surface area (Å²) in [5.74, 6) is -0.261. The van der Waals surface area contributed by atoms with Gasteiger partial charge in [-0.15, -0.1) is 0 Å². The number of carbonyl (C=O) groups is 1. The molecule has 0 aliphatic heterocycles. The Kier molecular flexibility index (Phi) is 4.45. The Bertz CT molecular complexity index is 553. The number of hydrogen-bond donors (Lipinski definition) is 2. The van der Waals surface area contributed by atoms with Gasteiger partial charge in [0.05, 0.1) is 10.5 Å². The molecule has 0 radical (unpaired) electrons. The standard InChI is InChI=1S/C15H21N3O3/c1-3-16-13-6-5-11(18(20)21)9-12(13)14(19)17-10-15(2)7-4-8-15/h5-6,9,16H,3-4,7-8,10H2,1-2H3,(H,17,19). The molecule has 1 amide bonds. The van der Waals surface area contributed by atoms with Crippen LogP contribution in [0.15, 0.2) is 18.2 Å². The molecule has 6 heteroatoms. The highest BCUT2D eigenvalue weighted by Gasteiger charge is 2.32. The molecule has 0 bridgehead atoms. The number of anilines is 1. The minimum atomic E-state index is -0.486. The molecule has 1 aliphatic rings. The molecule has 0 unspecified atom stereocenters. The maximum Gasteiger partial charge on any atom is 0.270 e. The molecule has 0 atom stereocenters. The number of non-ortho nitro benzene ring substituents is 1. The SMILES string of the molecule is CCNc1ccc([N+](=O)[O-])cc1C(=O)NCC1(C)CCC1. The largest absolute Gasteiger partial charge is 0.385 e. The smallest absolute Gasteiger partial charge is 0.270 e. The van der Waals surface area contributed by atoms with E-state index in [1.807, 2.05) is 6.92 Å². The lowest BCUT2D eigenvalue weighted by atomic mass is 9.70. The lowest BCUT2D eigenvalue weighted by Gasteiger charge is -2.38. The van der Waals surface area contributed by atoms with Crippen molar-refractivity contribution in [1.29, 1.82) is 0 Å². The fourth-order valence-corrected chi connectivity index (χ4v) is 2.52. The van der Waals surface area contributed by atoms with Crippen molar-refractivity contribution in [2.24, 2.45) is 5.41 Å². The monoisotopic (exact) mass is 291 g/mol. The third-order valence-corrected chi connectivity index (χ3v) is 4.06. The summed E-state index contributed by atoms with van der Waals surface area (Å²) in [6.45, 7) is 5.32. The summed E-state index contributed by atoms with van der Waals surface area (Å²) in [7, 11) is 0. The number of carbonyl (C=O) groups excluding carboxylic acids is 1. The van der Waals surface area contributed by atoms with Crippen LogP contribution in [0.2, 0.25) is 0 Å². The molecule has 2 N–H and O–H groups in total. The van der Waals surface area contributed by atoms with Gasteiger partial charge in [-0.2, -0.15) is 0 Å². The molecule has 6 nitrogen and oxygen atoms in total. The average Bonchev–Trinajstić information content (AvgIpc) is 2.43. The van der Waals surface area contributed by atoms with Gasteiger partial charge in [0.15, 0.2) is 0 Å². The maximum atomic E-state index is 12.3. The average molecular weight is 291 g/mol. The normalized spacial score (nSPS) is 15.9. The van der Waals surface area contributed by atoms with Crippen molar-refractivity contribution in [2.75, 3.05) is 18.4 Å². The van der Waals surface area contributed by atoms with Crippen LogP contribution in [0.3, 0.4) is 0 Å². The van der Waals surface area contributed by atoms with Crippen molar-refractivity contribution in [3.05, 3.63) is 33.9 Å². The first-order valence-electron chi connectivity index (χ1n) is 7.26. The molecule has 1 saturated carbocycles. The first-order chi connectivity index (χ1) is 9.95. The fraction of sp³-hybridized carbons (Fsp3) is 0.533. The van der Waals surface area contributed by atoms with Gasteiger partial charge in [-0.05, 0) is 31.2 Å². The first-order valence-corrected chi connectivity index (χ1v) is 7.26. The maximum absolute atomic E-state index is 12.3. The van der Waals surface area contributed by atoms with E-state index in [-0.39, 0.29) is 17.0 Å². The van der Waals surface area contributed by atoms with E-state index in [1.165, 1.54) is 18.6 Å². The van der Waals surface area contributed by atoms with Crippen molar-refractivity contribution >= 4 is 17.3 Å². The van der Waals surface area contributed by atoms with Gasteiger partial charge in [-0.25, -0.2) is 0 Å². The second-order valence-electron chi connectivity index (χ2n) is 5.86. The van der Waals surface area contributed by atoms with Gasteiger partial charge in [-0.1, -0.05) is 13.3 Å². The van der Waals surface area contributed by atoms with E-state index >= 15 is 0 Å². The van der Waals surface area contributed by atoms with E-state index < -0.39 is 4.92 Å². The first kappa shape index (κ1) is 15.3. The fourth-order valence-electron chi connectivity index (χ4n) is 2.52. The number of nitrogens with one attached hydrogen (secondary N) is 2. The van der Waals surface area contributed by atoms with Crippen LogP contribution in [0, 0.1) is 15.5 Å². The molecule has 0 saturated heterocycles. The molecule has 1 aliphatic carbocycles. The van der Waals surface area contributed by atoms with E-state index in [2.05, 4.69) is 17.6 Å². The molecule has 1 aromatic rings. The molecule has 0 heterocycles. The second-order valence-corrected chi connectivity index (χ2v) is 5.86. The zero-order valence-electron chi connectivity index (χ0n) is 12.4. The highest BCUT2D eigenvalue weighted by molar-refractivity contribution is 6.00. The minimum absolute atomic E-state index is 0.0725. The van der Waals surface area contributed by atoms with Crippen molar-refractivity contribution in [2.45, 2.75) is 33.1 Å². The van der Waals surface area contributed by atoms with Crippen LogP contribution in [-0.4, -0.2) is 23.9 Å². The number of benzene rings is 1. The number of nitro benzene ring substituents is 1. The van der Waals surface area contributed by atoms with E-state index in [0.29, 0.717) is 24.3 Å². The van der Waals surface area contributed by atoms with Crippen LogP contribution in [0.5, 0.6) is 0 Å². The van der Waals surface area contributed by atoms with E-state index in [0.717, 1.165) is 12.8 Å². The van der Waals surface area contributed by atoms with Gasteiger partial charge in [0.2, 0.25) is 0 Å². The Morgan fingerprint density at radius 3 is 2.67 bits per heavy atom. The number of nitrogens with zero attached hydrogens (tertiary/aromatic N) is 1. The van der Waals surface area contributed by atoms with Crippen LogP contribution < -0.4 is 10.6 Å². The van der Waals surface area contributed by atoms with E-state index in [1.54, 1.807) is 6.07 Å². The Labute approximate surface area is 124 Å². The van der Waals surface area contributed by atoms with Crippen molar-refractivity contribution in [3.8, 4) is 0 Å². The molecule has 0 aromatic heterocycles. The van der Waals surface area contributed by atoms with Crippen molar-refractivity contribution in [3.63, 3.8) is 0 Å². The summed E-state index contributed by atoms with van der Waals surface area (Å²) in [5.41, 5.74) is 1.05. The van der Waals surface area contributed by atoms with Gasteiger partial charge in [0.1, 0.15) is 0 Å². The molecule has 21 heavy (non-hydrogen) atoms. The summed E-state index contributed by atoms with van der Waals surface area (Å²) < 4.78 is 0. The Morgan fingerprint density at radius 2 is 2.14 bits per heavy atom. The molecule has 114 valence electrons. The highest BCUT2D eigenvalue weighted by Crippen LogP contribution is 2.39. The molecular weight excluding hydrogens is 270 g/mol. The number of rotatable bonds is 6. The van der Waals surface area contributed by atoms with Crippen molar-refractivity contribution < 1.29 is 9.72 Å². The summed E-state index contributed by atoms with van der Waals surface area (Å²) in [4.78, 5) is 22.7. The van der Waals surface area contributed by atoms with Gasteiger partial charge in [0, 0.05) is 30.9 Å². The molecule has 2 rings (SSSR count). The quantitative estimate of drug-likeness (QED) is 0.623. The zero-order valence-corrected chi connectivity index (χ0v) is 12.4. The van der Waals surface area contributed by atoms with Gasteiger partial charge in [-0.3, -0.25) is 14.9 Å². The third kappa shape index (κ3) is 3.51. The minimum Gasteiger partial charge on any atom is -0.385 e. The Hall–Kier alpha value is -2.11. The summed E-state index contributed by atoms with van der Waals surface area (Å²) in [6, 6.07) is 4.32.